The van der Waals surface area contributed by atoms with Gasteiger partial charge in [0.1, 0.15) is 0 Å². The third kappa shape index (κ3) is 3.87. The van der Waals surface area contributed by atoms with Crippen molar-refractivity contribution in [2.75, 3.05) is 45.7 Å². The first-order valence-electron chi connectivity index (χ1n) is 10.6. The van der Waals surface area contributed by atoms with Crippen molar-refractivity contribution < 1.29 is 9.53 Å². The van der Waals surface area contributed by atoms with E-state index in [-0.39, 0.29) is 11.6 Å². The molecule has 9 heteroatoms. The van der Waals surface area contributed by atoms with E-state index in [1.807, 2.05) is 32.3 Å². The molecule has 0 unspecified atom stereocenters. The van der Waals surface area contributed by atoms with Gasteiger partial charge in [0.15, 0.2) is 5.75 Å². The molecule has 2 aromatic rings. The van der Waals surface area contributed by atoms with Gasteiger partial charge in [-0.1, -0.05) is 0 Å². The van der Waals surface area contributed by atoms with Gasteiger partial charge in [0.2, 0.25) is 0 Å². The maximum atomic E-state index is 13.2. The van der Waals surface area contributed by atoms with Crippen molar-refractivity contribution in [3.05, 3.63) is 53.0 Å². The van der Waals surface area contributed by atoms with Crippen molar-refractivity contribution in [2.45, 2.75) is 6.92 Å². The first-order valence-corrected chi connectivity index (χ1v) is 10.6. The minimum absolute atomic E-state index is 0.186. The number of benzene rings is 1. The zero-order valence-corrected chi connectivity index (χ0v) is 18.9. The predicted molar refractivity (Wildman–Crippen MR) is 126 cm³/mol. The van der Waals surface area contributed by atoms with Crippen LogP contribution in [0.25, 0.3) is 10.9 Å². The van der Waals surface area contributed by atoms with Gasteiger partial charge in [0.05, 0.1) is 35.0 Å². The number of rotatable bonds is 5. The molecule has 1 aliphatic heterocycles. The van der Waals surface area contributed by atoms with Crippen LogP contribution in [-0.4, -0.2) is 66.6 Å². The molecule has 0 atom stereocenters. The molecule has 32 heavy (non-hydrogen) atoms. The Hall–Kier alpha value is -3.59. The second-order valence-electron chi connectivity index (χ2n) is 7.88. The summed E-state index contributed by atoms with van der Waals surface area (Å²) < 4.78 is 7.34. The van der Waals surface area contributed by atoms with E-state index in [1.54, 1.807) is 31.1 Å². The Bertz CT molecular complexity index is 1170. The highest BCUT2D eigenvalue weighted by molar-refractivity contribution is 6.31. The summed E-state index contributed by atoms with van der Waals surface area (Å²) in [6.45, 7) is 5.45. The minimum Gasteiger partial charge on any atom is -0.494 e. The van der Waals surface area contributed by atoms with Crippen molar-refractivity contribution in [1.29, 1.82) is 5.41 Å². The smallest absolute Gasteiger partial charge is 0.257 e. The predicted octanol–water partition coefficient (Wildman–Crippen LogP) is 1.68. The molecule has 1 aromatic carbocycles. The number of methoxy groups -OCH3 is 1. The highest BCUT2D eigenvalue weighted by Crippen LogP contribution is 2.36. The Morgan fingerprint density at radius 3 is 2.75 bits per heavy atom. The number of allylic oxidation sites excluding steroid dienone is 3. The molecule has 0 bridgehead atoms. The maximum Gasteiger partial charge on any atom is 0.257 e. The second-order valence-corrected chi connectivity index (χ2v) is 7.88. The zero-order chi connectivity index (χ0) is 22.8. The van der Waals surface area contributed by atoms with Crippen molar-refractivity contribution in [3.63, 3.8) is 0 Å². The molecule has 0 saturated carbocycles. The molecule has 9 nitrogen and oxygen atoms in total. The Balaban J connectivity index is 1.67. The zero-order valence-electron chi connectivity index (χ0n) is 18.9. The number of hydrogen-bond donors (Lipinski definition) is 4. The van der Waals surface area contributed by atoms with E-state index >= 15 is 0 Å². The molecule has 1 amide bonds. The fourth-order valence-electron chi connectivity index (χ4n) is 4.21. The minimum atomic E-state index is -0.353. The number of anilines is 1. The number of ether oxygens (including phenoxy) is 1. The van der Waals surface area contributed by atoms with Crippen LogP contribution in [0, 0.1) is 12.3 Å². The molecule has 0 radical (unpaired) electrons. The average molecular weight is 436 g/mol. The second kappa shape index (κ2) is 8.88. The van der Waals surface area contributed by atoms with E-state index in [1.165, 1.54) is 0 Å². The van der Waals surface area contributed by atoms with Crippen LogP contribution in [0.4, 0.5) is 5.69 Å². The van der Waals surface area contributed by atoms with E-state index in [9.17, 15) is 4.79 Å². The number of piperazine rings is 1. The summed E-state index contributed by atoms with van der Waals surface area (Å²) in [4.78, 5) is 15.5. The standard InChI is InChI=1S/C23H29N7O2/c1-14-11-18(22(32-4)17-13-29(3)28-21(14)17)27-23(31)15-5-6-19(16(12-25-2)20(15)24)30-9-7-26-8-10-30/h5-6,11-13,24-26H,7-10H2,1-4H3,(H,27,31)/b16-12-,24-20?. The van der Waals surface area contributed by atoms with Gasteiger partial charge in [-0.15, -0.1) is 0 Å². The van der Waals surface area contributed by atoms with Crippen LogP contribution in [0.5, 0.6) is 5.75 Å². The summed E-state index contributed by atoms with van der Waals surface area (Å²) in [6.07, 6.45) is 7.30. The summed E-state index contributed by atoms with van der Waals surface area (Å²) in [5, 5.41) is 23.4. The fraction of sp³-hybridized carbons (Fsp3) is 0.348. The van der Waals surface area contributed by atoms with Crippen LogP contribution >= 0.6 is 0 Å². The summed E-state index contributed by atoms with van der Waals surface area (Å²) in [7, 11) is 5.22. The van der Waals surface area contributed by atoms with E-state index in [2.05, 4.69) is 25.9 Å². The lowest BCUT2D eigenvalue weighted by molar-refractivity contribution is -0.112. The van der Waals surface area contributed by atoms with Crippen molar-refractivity contribution >= 4 is 28.2 Å². The Morgan fingerprint density at radius 2 is 2.06 bits per heavy atom. The highest BCUT2D eigenvalue weighted by atomic mass is 16.5. The number of amides is 1. The number of carbonyl (C=O) groups is 1. The van der Waals surface area contributed by atoms with E-state index in [4.69, 9.17) is 10.1 Å². The van der Waals surface area contributed by atoms with E-state index in [0.29, 0.717) is 22.6 Å². The lowest BCUT2D eigenvalue weighted by Gasteiger charge is -2.34. The molecule has 4 rings (SSSR count). The average Bonchev–Trinajstić information content (AvgIpc) is 3.18. The van der Waals surface area contributed by atoms with E-state index in [0.717, 1.165) is 48.3 Å². The summed E-state index contributed by atoms with van der Waals surface area (Å²) in [5.74, 6) is 0.201. The van der Waals surface area contributed by atoms with Crippen LogP contribution in [0.15, 0.2) is 47.5 Å². The molecule has 2 heterocycles. The summed E-state index contributed by atoms with van der Waals surface area (Å²) in [6, 6.07) is 1.85. The van der Waals surface area contributed by atoms with Crippen LogP contribution in [0.1, 0.15) is 5.56 Å². The molecule has 1 aliphatic carbocycles. The van der Waals surface area contributed by atoms with Crippen LogP contribution in [-0.2, 0) is 11.8 Å². The van der Waals surface area contributed by atoms with Crippen molar-refractivity contribution in [1.82, 2.24) is 25.3 Å². The van der Waals surface area contributed by atoms with Crippen molar-refractivity contribution in [3.8, 4) is 5.75 Å². The van der Waals surface area contributed by atoms with Gasteiger partial charge >= 0.3 is 0 Å². The van der Waals surface area contributed by atoms with Gasteiger partial charge in [-0.2, -0.15) is 5.10 Å². The Morgan fingerprint density at radius 1 is 1.31 bits per heavy atom. The lowest BCUT2D eigenvalue weighted by Crippen LogP contribution is -2.44. The third-order valence-corrected chi connectivity index (χ3v) is 5.72. The van der Waals surface area contributed by atoms with Gasteiger partial charge in [0, 0.05) is 63.9 Å². The van der Waals surface area contributed by atoms with Gasteiger partial charge < -0.3 is 25.6 Å². The van der Waals surface area contributed by atoms with Crippen LogP contribution < -0.4 is 20.7 Å². The van der Waals surface area contributed by atoms with Gasteiger partial charge in [-0.25, -0.2) is 0 Å². The summed E-state index contributed by atoms with van der Waals surface area (Å²) >= 11 is 0. The largest absolute Gasteiger partial charge is 0.494 e. The molecule has 0 spiro atoms. The van der Waals surface area contributed by atoms with Crippen molar-refractivity contribution in [2.24, 2.45) is 7.05 Å². The molecule has 1 fully saturated rings. The molecular weight excluding hydrogens is 406 g/mol. The number of hydrogen-bond acceptors (Lipinski definition) is 7. The number of nitrogens with one attached hydrogen (secondary N) is 4. The maximum absolute atomic E-state index is 13.2. The molecule has 2 aliphatic rings. The van der Waals surface area contributed by atoms with Gasteiger partial charge in [-0.3, -0.25) is 14.9 Å². The monoisotopic (exact) mass is 435 g/mol. The molecular formula is C23H29N7O2. The SMILES string of the molecule is CN/C=C1\C(=N)C(C(=O)Nc2cc(C)c3nn(C)cc3c2OC)=CC=C1N1CCNCC1. The lowest BCUT2D eigenvalue weighted by atomic mass is 9.93. The number of carbonyl (C=O) groups excluding carboxylic acids is 1. The number of aromatic nitrogens is 2. The first kappa shape index (κ1) is 21.6. The summed E-state index contributed by atoms with van der Waals surface area (Å²) in [5.41, 5.74) is 4.46. The van der Waals surface area contributed by atoms with Gasteiger partial charge in [-0.05, 0) is 30.7 Å². The first-order chi connectivity index (χ1) is 15.4. The highest BCUT2D eigenvalue weighted by Gasteiger charge is 2.28. The molecule has 168 valence electrons. The Kier molecular flexibility index (Phi) is 6.00. The molecule has 1 aromatic heterocycles. The molecule has 1 saturated heterocycles. The number of aryl methyl sites for hydroxylation is 2. The number of fused-ring (bicyclic) bond motifs is 1. The van der Waals surface area contributed by atoms with Gasteiger partial charge in [0.25, 0.3) is 5.91 Å². The normalized spacial score (nSPS) is 17.9. The van der Waals surface area contributed by atoms with Crippen LogP contribution in [0.3, 0.4) is 0 Å². The number of nitrogens with zero attached hydrogens (tertiary/aromatic N) is 3. The Labute approximate surface area is 187 Å². The third-order valence-electron chi connectivity index (χ3n) is 5.72. The quantitative estimate of drug-likeness (QED) is 0.569. The van der Waals surface area contributed by atoms with E-state index < -0.39 is 0 Å². The van der Waals surface area contributed by atoms with Crippen LogP contribution in [0.2, 0.25) is 0 Å². The molecule has 4 N–H and O–H groups in total. The topological polar surface area (TPSA) is 107 Å². The fourth-order valence-corrected chi connectivity index (χ4v) is 4.21.